The Hall–Kier alpha value is -2.41. The van der Waals surface area contributed by atoms with E-state index in [9.17, 15) is 9.90 Å². The highest BCUT2D eigenvalue weighted by molar-refractivity contribution is 5.73. The third kappa shape index (κ3) is 6.28. The van der Waals surface area contributed by atoms with Gasteiger partial charge >= 0.3 is 0 Å². The van der Waals surface area contributed by atoms with E-state index in [0.717, 1.165) is 62.4 Å². The molecule has 6 nitrogen and oxygen atoms in total. The summed E-state index contributed by atoms with van der Waals surface area (Å²) in [6.45, 7) is 12.8. The minimum absolute atomic E-state index is 0.0469. The van der Waals surface area contributed by atoms with E-state index in [1.54, 1.807) is 6.92 Å². The Balaban J connectivity index is 1.44. The van der Waals surface area contributed by atoms with E-state index in [2.05, 4.69) is 68.0 Å². The number of ether oxygens (including phenoxy) is 1. The number of likely N-dealkylation sites (N-methyl/N-ethyl adjacent to an activating group) is 1. The number of benzene rings is 2. The van der Waals surface area contributed by atoms with Crippen LogP contribution in [0.4, 0.5) is 0 Å². The molecule has 2 aromatic rings. The maximum absolute atomic E-state index is 11.7. The van der Waals surface area contributed by atoms with Gasteiger partial charge in [0.2, 0.25) is 5.91 Å². The molecule has 1 saturated heterocycles. The van der Waals surface area contributed by atoms with Crippen molar-refractivity contribution in [3.63, 3.8) is 0 Å². The van der Waals surface area contributed by atoms with E-state index in [0.29, 0.717) is 6.61 Å². The Morgan fingerprint density at radius 2 is 1.75 bits per heavy atom. The van der Waals surface area contributed by atoms with Gasteiger partial charge in [-0.2, -0.15) is 0 Å². The minimum Gasteiger partial charge on any atom is -0.489 e. The molecule has 0 unspecified atom stereocenters. The van der Waals surface area contributed by atoms with Crippen molar-refractivity contribution < 1.29 is 14.6 Å². The van der Waals surface area contributed by atoms with Crippen LogP contribution in [0.1, 0.15) is 57.2 Å². The standard InChI is InChI=1S/C30H43N3O3/c1-22(34)32-15-17-33(18-16-32)27-13-12-26(29(27)35)31(5)20-24-19-25(30(2,3)4)11-14-28(24)36-21-23-9-7-6-8-10-23/h6-11,14,19,26-27,29,35H,12-13,15-18,20-21H2,1-5H3/t26-,27-,29-/m1/s1. The third-order valence-corrected chi connectivity index (χ3v) is 7.92. The SMILES string of the molecule is CC(=O)N1CCN([C@@H]2CC[C@@H](N(C)Cc3cc(C(C)(C)C)ccc3OCc3ccccc3)[C@H]2O)CC1. The molecule has 1 N–H and O–H groups in total. The molecule has 36 heavy (non-hydrogen) atoms. The number of hydrogen-bond donors (Lipinski definition) is 1. The van der Waals surface area contributed by atoms with Crippen LogP contribution in [0.5, 0.6) is 5.75 Å². The second-order valence-electron chi connectivity index (χ2n) is 11.5. The number of amides is 1. The molecule has 196 valence electrons. The van der Waals surface area contributed by atoms with Crippen molar-refractivity contribution in [2.24, 2.45) is 0 Å². The van der Waals surface area contributed by atoms with Gasteiger partial charge in [-0.05, 0) is 42.5 Å². The molecule has 0 bridgehead atoms. The van der Waals surface area contributed by atoms with Crippen LogP contribution in [0, 0.1) is 0 Å². The largest absolute Gasteiger partial charge is 0.489 e. The fraction of sp³-hybridized carbons (Fsp3) is 0.567. The molecule has 2 fully saturated rings. The van der Waals surface area contributed by atoms with E-state index in [4.69, 9.17) is 4.74 Å². The predicted molar refractivity (Wildman–Crippen MR) is 144 cm³/mol. The van der Waals surface area contributed by atoms with Gasteiger partial charge in [0.1, 0.15) is 12.4 Å². The van der Waals surface area contributed by atoms with E-state index < -0.39 is 6.10 Å². The van der Waals surface area contributed by atoms with Crippen LogP contribution in [0.25, 0.3) is 0 Å². The zero-order valence-corrected chi connectivity index (χ0v) is 22.6. The first kappa shape index (κ1) is 26.6. The molecule has 4 rings (SSSR count). The highest BCUT2D eigenvalue weighted by Crippen LogP contribution is 2.33. The number of rotatable bonds is 7. The molecule has 2 aliphatic rings. The Bertz CT molecular complexity index is 1010. The molecule has 1 saturated carbocycles. The summed E-state index contributed by atoms with van der Waals surface area (Å²) in [7, 11) is 2.12. The van der Waals surface area contributed by atoms with Crippen LogP contribution in [-0.2, 0) is 23.4 Å². The summed E-state index contributed by atoms with van der Waals surface area (Å²) in [6.07, 6.45) is 1.54. The highest BCUT2D eigenvalue weighted by atomic mass is 16.5. The normalized spacial score (nSPS) is 23.3. The Morgan fingerprint density at radius 3 is 2.39 bits per heavy atom. The minimum atomic E-state index is -0.404. The number of piperazine rings is 1. The maximum atomic E-state index is 11.7. The van der Waals surface area contributed by atoms with Gasteiger partial charge in [0, 0.05) is 57.3 Å². The zero-order chi connectivity index (χ0) is 25.9. The smallest absolute Gasteiger partial charge is 0.219 e. The molecule has 0 spiro atoms. The number of carbonyl (C=O) groups excluding carboxylic acids is 1. The zero-order valence-electron chi connectivity index (χ0n) is 22.6. The van der Waals surface area contributed by atoms with E-state index >= 15 is 0 Å². The lowest BCUT2D eigenvalue weighted by molar-refractivity contribution is -0.131. The number of nitrogens with zero attached hydrogens (tertiary/aromatic N) is 3. The molecule has 2 aromatic carbocycles. The predicted octanol–water partition coefficient (Wildman–Crippen LogP) is 4.05. The third-order valence-electron chi connectivity index (χ3n) is 7.92. The van der Waals surface area contributed by atoms with Gasteiger partial charge < -0.3 is 14.7 Å². The summed E-state index contributed by atoms with van der Waals surface area (Å²) >= 11 is 0. The van der Waals surface area contributed by atoms with Gasteiger partial charge in [-0.3, -0.25) is 14.6 Å². The quantitative estimate of drug-likeness (QED) is 0.631. The highest BCUT2D eigenvalue weighted by Gasteiger charge is 2.41. The van der Waals surface area contributed by atoms with Crippen LogP contribution in [0.3, 0.4) is 0 Å². The van der Waals surface area contributed by atoms with Gasteiger partial charge in [0.25, 0.3) is 0 Å². The molecule has 1 amide bonds. The average molecular weight is 494 g/mol. The first-order valence-electron chi connectivity index (χ1n) is 13.3. The molecule has 0 radical (unpaired) electrons. The van der Waals surface area contributed by atoms with Crippen molar-refractivity contribution >= 4 is 5.91 Å². The van der Waals surface area contributed by atoms with Crippen molar-refractivity contribution in [3.05, 3.63) is 65.2 Å². The molecule has 1 aliphatic heterocycles. The fourth-order valence-corrected chi connectivity index (χ4v) is 5.62. The molecular formula is C30H43N3O3. The summed E-state index contributed by atoms with van der Waals surface area (Å²) in [5.41, 5.74) is 3.64. The van der Waals surface area contributed by atoms with Crippen LogP contribution < -0.4 is 4.74 Å². The molecule has 3 atom stereocenters. The Kier molecular flexibility index (Phi) is 8.38. The number of aliphatic hydroxyl groups is 1. The van der Waals surface area contributed by atoms with Crippen LogP contribution in [0.2, 0.25) is 0 Å². The molecular weight excluding hydrogens is 450 g/mol. The van der Waals surface area contributed by atoms with Gasteiger partial charge in [-0.1, -0.05) is 63.2 Å². The van der Waals surface area contributed by atoms with Crippen molar-refractivity contribution in [3.8, 4) is 5.75 Å². The summed E-state index contributed by atoms with van der Waals surface area (Å²) in [4.78, 5) is 18.3. The van der Waals surface area contributed by atoms with Crippen LogP contribution in [-0.4, -0.2) is 77.1 Å². The second-order valence-corrected chi connectivity index (χ2v) is 11.5. The summed E-state index contributed by atoms with van der Waals surface area (Å²) in [5.74, 6) is 1.05. The van der Waals surface area contributed by atoms with Crippen LogP contribution >= 0.6 is 0 Å². The molecule has 6 heteroatoms. The van der Waals surface area contributed by atoms with Gasteiger partial charge in [0.15, 0.2) is 0 Å². The lowest BCUT2D eigenvalue weighted by Crippen LogP contribution is -2.55. The van der Waals surface area contributed by atoms with Crippen LogP contribution in [0.15, 0.2) is 48.5 Å². The fourth-order valence-electron chi connectivity index (χ4n) is 5.62. The maximum Gasteiger partial charge on any atom is 0.219 e. The van der Waals surface area contributed by atoms with Crippen molar-refractivity contribution in [2.45, 2.75) is 77.3 Å². The second kappa shape index (κ2) is 11.3. The Morgan fingerprint density at radius 1 is 1.06 bits per heavy atom. The summed E-state index contributed by atoms with van der Waals surface area (Å²) < 4.78 is 6.30. The van der Waals surface area contributed by atoms with Crippen molar-refractivity contribution in [1.29, 1.82) is 0 Å². The molecule has 0 aromatic heterocycles. The topological polar surface area (TPSA) is 56.3 Å². The summed E-state index contributed by atoms with van der Waals surface area (Å²) in [5, 5.41) is 11.3. The van der Waals surface area contributed by atoms with E-state index in [1.165, 1.54) is 5.56 Å². The van der Waals surface area contributed by atoms with Gasteiger partial charge in [-0.25, -0.2) is 0 Å². The first-order valence-corrected chi connectivity index (χ1v) is 13.3. The lowest BCUT2D eigenvalue weighted by Gasteiger charge is -2.39. The number of carbonyl (C=O) groups is 1. The van der Waals surface area contributed by atoms with Gasteiger partial charge in [0.05, 0.1) is 6.10 Å². The van der Waals surface area contributed by atoms with E-state index in [1.807, 2.05) is 23.1 Å². The molecule has 1 heterocycles. The molecule has 1 aliphatic carbocycles. The monoisotopic (exact) mass is 493 g/mol. The lowest BCUT2D eigenvalue weighted by atomic mass is 9.86. The number of hydrogen-bond acceptors (Lipinski definition) is 5. The van der Waals surface area contributed by atoms with E-state index in [-0.39, 0.29) is 23.4 Å². The Labute approximate surface area is 216 Å². The average Bonchev–Trinajstić information content (AvgIpc) is 3.24. The van der Waals surface area contributed by atoms with Crippen molar-refractivity contribution in [2.75, 3.05) is 33.2 Å². The number of aliphatic hydroxyl groups excluding tert-OH is 1. The summed E-state index contributed by atoms with van der Waals surface area (Å²) in [6, 6.07) is 17.1. The first-order chi connectivity index (χ1) is 17.1. The van der Waals surface area contributed by atoms with Gasteiger partial charge in [-0.15, -0.1) is 0 Å². The van der Waals surface area contributed by atoms with Crippen molar-refractivity contribution in [1.82, 2.24) is 14.7 Å².